The zero-order valence-electron chi connectivity index (χ0n) is 10.3. The summed E-state index contributed by atoms with van der Waals surface area (Å²) in [5, 5.41) is 14.8. The molecular weight excluding hydrogens is 244 g/mol. The van der Waals surface area contributed by atoms with E-state index in [4.69, 9.17) is 0 Å². The van der Waals surface area contributed by atoms with Gasteiger partial charge >= 0.3 is 0 Å². The van der Waals surface area contributed by atoms with Crippen LogP contribution >= 0.6 is 11.3 Å². The van der Waals surface area contributed by atoms with Gasteiger partial charge in [0.1, 0.15) is 0 Å². The number of nitrogens with zero attached hydrogens (tertiary/aromatic N) is 3. The van der Waals surface area contributed by atoms with Gasteiger partial charge < -0.3 is 5.32 Å². The van der Waals surface area contributed by atoms with Gasteiger partial charge in [0, 0.05) is 11.7 Å². The number of hydrogen-bond donors (Lipinski definition) is 1. The highest BCUT2D eigenvalue weighted by molar-refractivity contribution is 7.17. The summed E-state index contributed by atoms with van der Waals surface area (Å²) in [5.74, 6) is 0. The van der Waals surface area contributed by atoms with Crippen LogP contribution in [-0.2, 0) is 7.05 Å². The maximum Gasteiger partial charge on any atom is 0.0799 e. The van der Waals surface area contributed by atoms with Crippen molar-refractivity contribution >= 4 is 21.4 Å². The molecule has 1 atom stereocenters. The average molecular weight is 258 g/mol. The molecule has 2 heterocycles. The van der Waals surface area contributed by atoms with Gasteiger partial charge in [-0.2, -0.15) is 0 Å². The third-order valence-electron chi connectivity index (χ3n) is 3.16. The van der Waals surface area contributed by atoms with Crippen molar-refractivity contribution in [1.29, 1.82) is 0 Å². The summed E-state index contributed by atoms with van der Waals surface area (Å²) in [6.45, 7) is 0. The molecule has 0 saturated heterocycles. The van der Waals surface area contributed by atoms with Crippen molar-refractivity contribution in [3.8, 4) is 0 Å². The van der Waals surface area contributed by atoms with Crippen molar-refractivity contribution in [3.63, 3.8) is 0 Å². The monoisotopic (exact) mass is 258 g/mol. The number of nitrogens with one attached hydrogen (secondary N) is 1. The molecule has 5 heteroatoms. The summed E-state index contributed by atoms with van der Waals surface area (Å²) >= 11 is 1.77. The summed E-state index contributed by atoms with van der Waals surface area (Å²) < 4.78 is 3.12. The van der Waals surface area contributed by atoms with E-state index in [1.807, 2.05) is 25.0 Å². The van der Waals surface area contributed by atoms with Crippen LogP contribution in [0.3, 0.4) is 0 Å². The molecule has 0 spiro atoms. The first kappa shape index (κ1) is 11.4. The Kier molecular flexibility index (Phi) is 2.85. The summed E-state index contributed by atoms with van der Waals surface area (Å²) in [7, 11) is 3.88. The van der Waals surface area contributed by atoms with Crippen molar-refractivity contribution in [2.75, 3.05) is 7.05 Å². The Morgan fingerprint density at radius 3 is 2.89 bits per heavy atom. The minimum atomic E-state index is 0.126. The molecule has 92 valence electrons. The van der Waals surface area contributed by atoms with E-state index in [2.05, 4.69) is 45.3 Å². The standard InChI is InChI=1S/C13H14N4S/c1-14-13(11-7-15-16-17(11)2)10-8-18-12-6-4-3-5-9(10)12/h3-8,13-14H,1-2H3. The molecule has 0 amide bonds. The van der Waals surface area contributed by atoms with E-state index in [0.717, 1.165) is 5.69 Å². The predicted molar refractivity (Wildman–Crippen MR) is 73.7 cm³/mol. The van der Waals surface area contributed by atoms with Crippen LogP contribution in [0.15, 0.2) is 35.8 Å². The van der Waals surface area contributed by atoms with Gasteiger partial charge in [-0.15, -0.1) is 16.4 Å². The topological polar surface area (TPSA) is 42.7 Å². The third kappa shape index (κ3) is 1.72. The number of benzene rings is 1. The van der Waals surface area contributed by atoms with Crippen molar-refractivity contribution < 1.29 is 0 Å². The molecule has 3 rings (SSSR count). The van der Waals surface area contributed by atoms with Crippen LogP contribution in [0.2, 0.25) is 0 Å². The number of aromatic nitrogens is 3. The zero-order valence-corrected chi connectivity index (χ0v) is 11.1. The highest BCUT2D eigenvalue weighted by Crippen LogP contribution is 2.32. The van der Waals surface area contributed by atoms with E-state index < -0.39 is 0 Å². The van der Waals surface area contributed by atoms with Crippen LogP contribution in [-0.4, -0.2) is 22.0 Å². The number of fused-ring (bicyclic) bond motifs is 1. The quantitative estimate of drug-likeness (QED) is 0.784. The largest absolute Gasteiger partial charge is 0.308 e. The summed E-state index contributed by atoms with van der Waals surface area (Å²) in [4.78, 5) is 0. The van der Waals surface area contributed by atoms with Crippen molar-refractivity contribution in [3.05, 3.63) is 47.1 Å². The summed E-state index contributed by atoms with van der Waals surface area (Å²) in [5.41, 5.74) is 2.35. The van der Waals surface area contributed by atoms with E-state index in [-0.39, 0.29) is 6.04 Å². The maximum absolute atomic E-state index is 4.01. The van der Waals surface area contributed by atoms with Crippen molar-refractivity contribution in [1.82, 2.24) is 20.3 Å². The fraction of sp³-hybridized carbons (Fsp3) is 0.231. The van der Waals surface area contributed by atoms with Gasteiger partial charge in [-0.3, -0.25) is 4.68 Å². The van der Waals surface area contributed by atoms with E-state index in [9.17, 15) is 0 Å². The van der Waals surface area contributed by atoms with Crippen LogP contribution in [0.5, 0.6) is 0 Å². The Balaban J connectivity index is 2.15. The first-order chi connectivity index (χ1) is 8.81. The molecule has 1 aromatic carbocycles. The molecule has 18 heavy (non-hydrogen) atoms. The second-order valence-electron chi connectivity index (χ2n) is 4.19. The van der Waals surface area contributed by atoms with E-state index in [0.29, 0.717) is 0 Å². The zero-order chi connectivity index (χ0) is 12.5. The lowest BCUT2D eigenvalue weighted by molar-refractivity contribution is 0.601. The number of rotatable bonds is 3. The van der Waals surface area contributed by atoms with Crippen LogP contribution in [0.4, 0.5) is 0 Å². The van der Waals surface area contributed by atoms with Gasteiger partial charge in [0.15, 0.2) is 0 Å². The molecule has 1 unspecified atom stereocenters. The molecule has 0 aliphatic heterocycles. The smallest absolute Gasteiger partial charge is 0.0799 e. The summed E-state index contributed by atoms with van der Waals surface area (Å²) in [6, 6.07) is 8.59. The maximum atomic E-state index is 4.01. The second-order valence-corrected chi connectivity index (χ2v) is 5.10. The molecule has 0 fully saturated rings. The minimum Gasteiger partial charge on any atom is -0.308 e. The molecule has 0 radical (unpaired) electrons. The van der Waals surface area contributed by atoms with Crippen LogP contribution in [0.1, 0.15) is 17.3 Å². The third-order valence-corrected chi connectivity index (χ3v) is 4.14. The molecule has 3 aromatic rings. The van der Waals surface area contributed by atoms with E-state index in [1.165, 1.54) is 15.6 Å². The fourth-order valence-corrected chi connectivity index (χ4v) is 3.23. The normalized spacial score (nSPS) is 13.0. The molecule has 0 aliphatic rings. The summed E-state index contributed by atoms with van der Waals surface area (Å²) in [6.07, 6.45) is 1.81. The van der Waals surface area contributed by atoms with Gasteiger partial charge in [-0.1, -0.05) is 23.4 Å². The predicted octanol–water partition coefficient (Wildman–Crippen LogP) is 2.34. The molecule has 1 N–H and O–H groups in total. The average Bonchev–Trinajstić information content (AvgIpc) is 2.99. The molecule has 0 saturated carbocycles. The van der Waals surface area contributed by atoms with Crippen LogP contribution in [0.25, 0.3) is 10.1 Å². The lowest BCUT2D eigenvalue weighted by Crippen LogP contribution is -2.20. The Labute approximate surface area is 109 Å². The Bertz CT molecular complexity index is 670. The van der Waals surface area contributed by atoms with Gasteiger partial charge in [0.2, 0.25) is 0 Å². The van der Waals surface area contributed by atoms with Crippen molar-refractivity contribution in [2.24, 2.45) is 7.05 Å². The van der Waals surface area contributed by atoms with Crippen molar-refractivity contribution in [2.45, 2.75) is 6.04 Å². The highest BCUT2D eigenvalue weighted by Gasteiger charge is 2.19. The number of aryl methyl sites for hydroxylation is 1. The second kappa shape index (κ2) is 4.51. The first-order valence-corrected chi connectivity index (χ1v) is 6.67. The van der Waals surface area contributed by atoms with E-state index in [1.54, 1.807) is 11.3 Å². The molecule has 2 aromatic heterocycles. The van der Waals surface area contributed by atoms with Gasteiger partial charge in [0.05, 0.1) is 17.9 Å². The fourth-order valence-electron chi connectivity index (χ4n) is 2.24. The lowest BCUT2D eigenvalue weighted by atomic mass is 10.0. The number of thiophene rings is 1. The van der Waals surface area contributed by atoms with Gasteiger partial charge in [-0.25, -0.2) is 0 Å². The molecular formula is C13H14N4S. The van der Waals surface area contributed by atoms with Crippen LogP contribution in [0, 0.1) is 0 Å². The highest BCUT2D eigenvalue weighted by atomic mass is 32.1. The van der Waals surface area contributed by atoms with Crippen LogP contribution < -0.4 is 5.32 Å². The SMILES string of the molecule is CNC(c1csc2ccccc12)c1cnnn1C. The van der Waals surface area contributed by atoms with Gasteiger partial charge in [0.25, 0.3) is 0 Å². The molecule has 4 nitrogen and oxygen atoms in total. The van der Waals surface area contributed by atoms with E-state index >= 15 is 0 Å². The molecule has 0 bridgehead atoms. The van der Waals surface area contributed by atoms with Gasteiger partial charge in [-0.05, 0) is 29.4 Å². The Hall–Kier alpha value is -1.72. The lowest BCUT2D eigenvalue weighted by Gasteiger charge is -2.15. The minimum absolute atomic E-state index is 0.126. The Morgan fingerprint density at radius 2 is 2.17 bits per heavy atom. The molecule has 0 aliphatic carbocycles. The first-order valence-electron chi connectivity index (χ1n) is 5.79. The number of hydrogen-bond acceptors (Lipinski definition) is 4. The Morgan fingerprint density at radius 1 is 1.33 bits per heavy atom.